The number of hydrogen-bond acceptors (Lipinski definition) is 4. The summed E-state index contributed by atoms with van der Waals surface area (Å²) in [5, 5.41) is 3.04. The predicted molar refractivity (Wildman–Crippen MR) is 97.9 cm³/mol. The lowest BCUT2D eigenvalue weighted by atomic mass is 10.0. The number of ether oxygens (including phenoxy) is 2. The molecule has 1 amide bonds. The molecule has 0 saturated carbocycles. The fraction of sp³-hybridized carbons (Fsp3) is 0.650. The molecule has 3 rings (SSSR count). The van der Waals surface area contributed by atoms with Gasteiger partial charge in [0.2, 0.25) is 5.91 Å². The zero-order valence-corrected chi connectivity index (χ0v) is 15.6. The van der Waals surface area contributed by atoms with Gasteiger partial charge >= 0.3 is 0 Å². The summed E-state index contributed by atoms with van der Waals surface area (Å²) in [7, 11) is 1.69. The van der Waals surface area contributed by atoms with Gasteiger partial charge in [0.25, 0.3) is 0 Å². The first kappa shape index (κ1) is 18.2. The fourth-order valence-electron chi connectivity index (χ4n) is 3.79. The van der Waals surface area contributed by atoms with Crippen LogP contribution in [0.4, 0.5) is 0 Å². The van der Waals surface area contributed by atoms with Gasteiger partial charge < -0.3 is 14.8 Å². The van der Waals surface area contributed by atoms with Gasteiger partial charge in [0, 0.05) is 31.2 Å². The second-order valence-electron chi connectivity index (χ2n) is 7.35. The third-order valence-electron chi connectivity index (χ3n) is 5.28. The van der Waals surface area contributed by atoms with Crippen molar-refractivity contribution in [3.8, 4) is 5.75 Å². The van der Waals surface area contributed by atoms with Crippen LogP contribution < -0.4 is 10.1 Å². The molecule has 138 valence electrons. The number of fused-ring (bicyclic) bond motifs is 1. The van der Waals surface area contributed by atoms with Crippen molar-refractivity contribution in [1.82, 2.24) is 10.2 Å². The highest BCUT2D eigenvalue weighted by Gasteiger charge is 2.24. The van der Waals surface area contributed by atoms with Gasteiger partial charge in [0.05, 0.1) is 26.2 Å². The van der Waals surface area contributed by atoms with Crippen molar-refractivity contribution in [2.24, 2.45) is 0 Å². The summed E-state index contributed by atoms with van der Waals surface area (Å²) in [6.07, 6.45) is 3.86. The van der Waals surface area contributed by atoms with E-state index in [1.165, 1.54) is 17.5 Å². The number of benzene rings is 1. The zero-order chi connectivity index (χ0) is 17.8. The summed E-state index contributed by atoms with van der Waals surface area (Å²) in [5.74, 6) is 0.916. The minimum absolute atomic E-state index is 0.0157. The third-order valence-corrected chi connectivity index (χ3v) is 5.28. The van der Waals surface area contributed by atoms with Crippen molar-refractivity contribution in [3.05, 3.63) is 28.8 Å². The lowest BCUT2D eigenvalue weighted by Crippen LogP contribution is -2.47. The van der Waals surface area contributed by atoms with Crippen LogP contribution in [0.15, 0.2) is 12.1 Å². The lowest BCUT2D eigenvalue weighted by Gasteiger charge is -2.35. The number of carbonyl (C=O) groups is 1. The van der Waals surface area contributed by atoms with E-state index in [1.54, 1.807) is 7.11 Å². The highest BCUT2D eigenvalue weighted by atomic mass is 16.5. The van der Waals surface area contributed by atoms with Crippen LogP contribution in [0, 0.1) is 0 Å². The number of aryl methyl sites for hydroxylation is 2. The molecule has 0 bridgehead atoms. The molecule has 1 atom stereocenters. The maximum atomic E-state index is 12.3. The van der Waals surface area contributed by atoms with Crippen molar-refractivity contribution in [3.63, 3.8) is 0 Å². The summed E-state index contributed by atoms with van der Waals surface area (Å²) < 4.78 is 11.3. The van der Waals surface area contributed by atoms with Crippen LogP contribution >= 0.6 is 0 Å². The third kappa shape index (κ3) is 4.53. The van der Waals surface area contributed by atoms with Crippen LogP contribution in [0.25, 0.3) is 0 Å². The molecule has 1 heterocycles. The lowest BCUT2D eigenvalue weighted by molar-refractivity contribution is -0.126. The molecular formula is C20H30N2O3. The van der Waals surface area contributed by atoms with E-state index in [9.17, 15) is 4.79 Å². The van der Waals surface area contributed by atoms with Gasteiger partial charge in [-0.3, -0.25) is 9.69 Å². The average molecular weight is 346 g/mol. The van der Waals surface area contributed by atoms with Gasteiger partial charge in [0.1, 0.15) is 5.75 Å². The number of rotatable bonds is 6. The van der Waals surface area contributed by atoms with Crippen LogP contribution in [-0.2, 0) is 28.9 Å². The first-order valence-corrected chi connectivity index (χ1v) is 9.38. The number of nitrogens with zero attached hydrogens (tertiary/aromatic N) is 1. The molecule has 1 unspecified atom stereocenters. The van der Waals surface area contributed by atoms with Crippen LogP contribution in [0.1, 0.15) is 43.4 Å². The Balaban J connectivity index is 1.54. The summed E-state index contributed by atoms with van der Waals surface area (Å²) in [6, 6.07) is 4.82. The Morgan fingerprint density at radius 1 is 1.36 bits per heavy atom. The minimum Gasteiger partial charge on any atom is -0.496 e. The van der Waals surface area contributed by atoms with Crippen molar-refractivity contribution >= 4 is 5.91 Å². The smallest absolute Gasteiger partial charge is 0.222 e. The van der Waals surface area contributed by atoms with Crippen molar-refractivity contribution < 1.29 is 14.3 Å². The Morgan fingerprint density at radius 3 is 2.84 bits per heavy atom. The largest absolute Gasteiger partial charge is 0.496 e. The standard InChI is InChI=1S/C20H30N2O3/c1-14(2)22-7-8-25-18(13-22)11-20(23)21-12-17-9-15-5-4-6-16(15)10-19(17)24-3/h9-10,14,18H,4-8,11-13H2,1-3H3,(H,21,23). The Labute approximate surface area is 150 Å². The molecule has 1 aliphatic heterocycles. The summed E-state index contributed by atoms with van der Waals surface area (Å²) in [6.45, 7) is 7.35. The maximum absolute atomic E-state index is 12.3. The van der Waals surface area contributed by atoms with Gasteiger partial charge in [-0.1, -0.05) is 6.07 Å². The molecular weight excluding hydrogens is 316 g/mol. The van der Waals surface area contributed by atoms with Crippen LogP contribution in [0.2, 0.25) is 0 Å². The molecule has 1 aromatic carbocycles. The number of nitrogens with one attached hydrogen (secondary N) is 1. The van der Waals surface area contributed by atoms with E-state index in [0.29, 0.717) is 25.6 Å². The van der Waals surface area contributed by atoms with Gasteiger partial charge in [-0.15, -0.1) is 0 Å². The van der Waals surface area contributed by atoms with Crippen LogP contribution in [0.3, 0.4) is 0 Å². The molecule has 1 N–H and O–H groups in total. The average Bonchev–Trinajstić information content (AvgIpc) is 3.06. The minimum atomic E-state index is -0.0157. The van der Waals surface area contributed by atoms with E-state index in [-0.39, 0.29) is 12.0 Å². The molecule has 0 aromatic heterocycles. The van der Waals surface area contributed by atoms with E-state index in [0.717, 1.165) is 37.2 Å². The number of morpholine rings is 1. The quantitative estimate of drug-likeness (QED) is 0.859. The van der Waals surface area contributed by atoms with E-state index >= 15 is 0 Å². The SMILES string of the molecule is COc1cc2c(cc1CNC(=O)CC1CN(C(C)C)CCO1)CCC2. The molecule has 1 saturated heterocycles. The maximum Gasteiger partial charge on any atom is 0.222 e. The topological polar surface area (TPSA) is 50.8 Å². The van der Waals surface area contributed by atoms with Crippen molar-refractivity contribution in [2.45, 2.75) is 58.2 Å². The van der Waals surface area contributed by atoms with Crippen molar-refractivity contribution in [1.29, 1.82) is 0 Å². The first-order valence-electron chi connectivity index (χ1n) is 9.38. The normalized spacial score (nSPS) is 20.6. The molecule has 1 aromatic rings. The van der Waals surface area contributed by atoms with E-state index in [1.807, 2.05) is 0 Å². The predicted octanol–water partition coefficient (Wildman–Crippen LogP) is 2.30. The highest BCUT2D eigenvalue weighted by molar-refractivity contribution is 5.76. The number of methoxy groups -OCH3 is 1. The monoisotopic (exact) mass is 346 g/mol. The van der Waals surface area contributed by atoms with E-state index < -0.39 is 0 Å². The Hall–Kier alpha value is -1.59. The zero-order valence-electron chi connectivity index (χ0n) is 15.6. The van der Waals surface area contributed by atoms with E-state index in [2.05, 4.69) is 36.2 Å². The Bertz CT molecular complexity index is 615. The molecule has 1 fully saturated rings. The van der Waals surface area contributed by atoms with Crippen LogP contribution in [-0.4, -0.2) is 49.8 Å². The molecule has 25 heavy (non-hydrogen) atoms. The first-order chi connectivity index (χ1) is 12.1. The molecule has 1 aliphatic carbocycles. The van der Waals surface area contributed by atoms with E-state index in [4.69, 9.17) is 9.47 Å². The molecule has 0 spiro atoms. The van der Waals surface area contributed by atoms with Gasteiger partial charge in [0.15, 0.2) is 0 Å². The number of amides is 1. The van der Waals surface area contributed by atoms with Gasteiger partial charge in [-0.05, 0) is 50.3 Å². The molecule has 5 nitrogen and oxygen atoms in total. The summed E-state index contributed by atoms with van der Waals surface area (Å²) >= 11 is 0. The second-order valence-corrected chi connectivity index (χ2v) is 7.35. The summed E-state index contributed by atoms with van der Waals surface area (Å²) in [4.78, 5) is 14.7. The Kier molecular flexibility index (Phi) is 5.97. The number of hydrogen-bond donors (Lipinski definition) is 1. The molecule has 2 aliphatic rings. The summed E-state index contributed by atoms with van der Waals surface area (Å²) in [5.41, 5.74) is 3.84. The van der Waals surface area contributed by atoms with Gasteiger partial charge in [-0.25, -0.2) is 0 Å². The Morgan fingerprint density at radius 2 is 2.12 bits per heavy atom. The fourth-order valence-corrected chi connectivity index (χ4v) is 3.79. The highest BCUT2D eigenvalue weighted by Crippen LogP contribution is 2.29. The molecule has 5 heteroatoms. The second kappa shape index (κ2) is 8.19. The van der Waals surface area contributed by atoms with Gasteiger partial charge in [-0.2, -0.15) is 0 Å². The molecule has 0 radical (unpaired) electrons. The number of carbonyl (C=O) groups excluding carboxylic acids is 1. The van der Waals surface area contributed by atoms with Crippen molar-refractivity contribution in [2.75, 3.05) is 26.8 Å². The van der Waals surface area contributed by atoms with Crippen LogP contribution in [0.5, 0.6) is 5.75 Å².